The lowest BCUT2D eigenvalue weighted by atomic mass is 9.49. The predicted octanol–water partition coefficient (Wildman–Crippen LogP) is 2.58. The number of H-pyrrole nitrogens is 1. The summed E-state index contributed by atoms with van der Waals surface area (Å²) in [6, 6.07) is 0. The van der Waals surface area contributed by atoms with Crippen molar-refractivity contribution >= 4 is 5.97 Å². The molecule has 5 rings (SSSR count). The van der Waals surface area contributed by atoms with Gasteiger partial charge in [-0.15, -0.1) is 0 Å². The van der Waals surface area contributed by atoms with Crippen molar-refractivity contribution in [3.63, 3.8) is 0 Å². The zero-order chi connectivity index (χ0) is 12.3. The Kier molecular flexibility index (Phi) is 1.98. The molecule has 4 saturated carbocycles. The van der Waals surface area contributed by atoms with Crippen LogP contribution in [0.3, 0.4) is 0 Å². The van der Waals surface area contributed by atoms with E-state index in [0.29, 0.717) is 0 Å². The van der Waals surface area contributed by atoms with Gasteiger partial charge in [0, 0.05) is 17.3 Å². The van der Waals surface area contributed by atoms with Gasteiger partial charge in [0.15, 0.2) is 0 Å². The maximum Gasteiger partial charge on any atom is 0.371 e. The van der Waals surface area contributed by atoms with Crippen LogP contribution >= 0.6 is 0 Å². The van der Waals surface area contributed by atoms with E-state index >= 15 is 0 Å². The Labute approximate surface area is 106 Å². The molecule has 1 aromatic rings. The van der Waals surface area contributed by atoms with Crippen molar-refractivity contribution in [1.82, 2.24) is 9.97 Å². The fourth-order valence-electron chi connectivity index (χ4n) is 5.14. The first kappa shape index (κ1) is 10.6. The summed E-state index contributed by atoms with van der Waals surface area (Å²) in [6.45, 7) is 0. The van der Waals surface area contributed by atoms with Crippen molar-refractivity contribution in [3.05, 3.63) is 17.7 Å². The number of carboxylic acid groups (broad SMARTS) is 1. The highest BCUT2D eigenvalue weighted by Crippen LogP contribution is 2.60. The monoisotopic (exact) mass is 246 g/mol. The minimum atomic E-state index is -0.953. The van der Waals surface area contributed by atoms with E-state index in [0.717, 1.165) is 23.4 Å². The van der Waals surface area contributed by atoms with Gasteiger partial charge in [-0.1, -0.05) is 0 Å². The van der Waals surface area contributed by atoms with E-state index in [1.165, 1.54) is 38.5 Å². The molecule has 0 amide bonds. The van der Waals surface area contributed by atoms with Crippen LogP contribution in [0.1, 0.15) is 54.8 Å². The van der Waals surface area contributed by atoms with E-state index in [1.54, 1.807) is 6.20 Å². The number of carboxylic acids is 1. The lowest BCUT2D eigenvalue weighted by molar-refractivity contribution is -0.00706. The molecule has 0 radical (unpaired) electrons. The van der Waals surface area contributed by atoms with Gasteiger partial charge in [-0.2, -0.15) is 0 Å². The second kappa shape index (κ2) is 3.37. The molecule has 2 N–H and O–H groups in total. The minimum absolute atomic E-state index is 0.0979. The van der Waals surface area contributed by atoms with Crippen LogP contribution in [-0.4, -0.2) is 21.0 Å². The predicted molar refractivity (Wildman–Crippen MR) is 65.4 cm³/mol. The normalized spacial score (nSPS) is 41.2. The Morgan fingerprint density at radius 2 is 1.78 bits per heavy atom. The smallest absolute Gasteiger partial charge is 0.371 e. The van der Waals surface area contributed by atoms with Crippen molar-refractivity contribution in [2.45, 2.75) is 43.9 Å². The maximum absolute atomic E-state index is 10.9. The number of hydrogen-bond donors (Lipinski definition) is 2. The maximum atomic E-state index is 10.9. The van der Waals surface area contributed by atoms with Crippen molar-refractivity contribution in [2.24, 2.45) is 17.8 Å². The van der Waals surface area contributed by atoms with Gasteiger partial charge in [0.25, 0.3) is 0 Å². The third-order valence-electron chi connectivity index (χ3n) is 5.39. The van der Waals surface area contributed by atoms with E-state index in [2.05, 4.69) is 9.97 Å². The van der Waals surface area contributed by atoms with Crippen LogP contribution < -0.4 is 0 Å². The Bertz CT molecular complexity index is 470. The lowest BCUT2D eigenvalue weighted by Crippen LogP contribution is -2.48. The number of imidazole rings is 1. The molecule has 4 fully saturated rings. The van der Waals surface area contributed by atoms with Crippen LogP contribution in [0.25, 0.3) is 0 Å². The second-order valence-corrected chi connectivity index (χ2v) is 6.65. The average molecular weight is 246 g/mol. The molecule has 18 heavy (non-hydrogen) atoms. The van der Waals surface area contributed by atoms with Crippen LogP contribution in [0.5, 0.6) is 0 Å². The average Bonchev–Trinajstić information content (AvgIpc) is 2.76. The summed E-state index contributed by atoms with van der Waals surface area (Å²) in [5, 5.41) is 8.99. The number of rotatable bonds is 2. The van der Waals surface area contributed by atoms with Gasteiger partial charge in [-0.25, -0.2) is 9.78 Å². The van der Waals surface area contributed by atoms with Crippen LogP contribution in [0.15, 0.2) is 6.20 Å². The molecular weight excluding hydrogens is 228 g/mol. The first-order valence-corrected chi connectivity index (χ1v) is 6.93. The molecule has 1 heterocycles. The van der Waals surface area contributed by atoms with Crippen molar-refractivity contribution in [1.29, 1.82) is 0 Å². The van der Waals surface area contributed by atoms with Gasteiger partial charge in [-0.3, -0.25) is 0 Å². The molecule has 0 atom stereocenters. The van der Waals surface area contributed by atoms with Crippen molar-refractivity contribution in [2.75, 3.05) is 0 Å². The third kappa shape index (κ3) is 1.38. The Morgan fingerprint density at radius 1 is 1.22 bits per heavy atom. The van der Waals surface area contributed by atoms with Crippen LogP contribution in [-0.2, 0) is 5.41 Å². The van der Waals surface area contributed by atoms with Crippen LogP contribution in [0.4, 0.5) is 0 Å². The number of hydrogen-bond acceptors (Lipinski definition) is 2. The first-order valence-electron chi connectivity index (χ1n) is 6.93. The molecule has 4 nitrogen and oxygen atoms in total. The van der Waals surface area contributed by atoms with Gasteiger partial charge < -0.3 is 10.1 Å². The summed E-state index contributed by atoms with van der Waals surface area (Å²) in [7, 11) is 0. The number of aromatic nitrogens is 2. The summed E-state index contributed by atoms with van der Waals surface area (Å²) >= 11 is 0. The van der Waals surface area contributed by atoms with Gasteiger partial charge in [0.1, 0.15) is 0 Å². The molecule has 4 heteroatoms. The van der Waals surface area contributed by atoms with Crippen LogP contribution in [0, 0.1) is 17.8 Å². The number of nitrogens with zero attached hydrogens (tertiary/aromatic N) is 1. The zero-order valence-corrected chi connectivity index (χ0v) is 10.4. The van der Waals surface area contributed by atoms with Gasteiger partial charge in [0.05, 0.1) is 0 Å². The molecule has 0 aliphatic heterocycles. The molecular formula is C14H18N2O2. The second-order valence-electron chi connectivity index (χ2n) is 6.65. The Balaban J connectivity index is 1.72. The SMILES string of the molecule is O=C(O)c1ncc(C23CC4CC(CC(C4)C2)C3)[nH]1. The molecule has 1 aromatic heterocycles. The summed E-state index contributed by atoms with van der Waals surface area (Å²) in [5.41, 5.74) is 1.30. The largest absolute Gasteiger partial charge is 0.475 e. The molecule has 0 saturated heterocycles. The van der Waals surface area contributed by atoms with Crippen molar-refractivity contribution in [3.8, 4) is 0 Å². The highest BCUT2D eigenvalue weighted by molar-refractivity contribution is 5.83. The van der Waals surface area contributed by atoms with E-state index in [-0.39, 0.29) is 11.2 Å². The number of nitrogens with one attached hydrogen (secondary N) is 1. The van der Waals surface area contributed by atoms with Gasteiger partial charge in [-0.05, 0) is 56.3 Å². The van der Waals surface area contributed by atoms with E-state index in [1.807, 2.05) is 0 Å². The highest BCUT2D eigenvalue weighted by atomic mass is 16.4. The number of aromatic amines is 1. The first-order chi connectivity index (χ1) is 8.64. The minimum Gasteiger partial charge on any atom is -0.475 e. The molecule has 0 unspecified atom stereocenters. The van der Waals surface area contributed by atoms with Gasteiger partial charge >= 0.3 is 5.97 Å². The van der Waals surface area contributed by atoms with Gasteiger partial charge in [0.2, 0.25) is 5.82 Å². The topological polar surface area (TPSA) is 66.0 Å². The molecule has 0 spiro atoms. The molecule has 96 valence electrons. The standard InChI is InChI=1S/C14H18N2O2/c17-13(18)12-15-7-11(16-12)14-4-8-1-9(5-14)3-10(2-8)6-14/h7-10H,1-6H2,(H,15,16)(H,17,18). The fraction of sp³-hybridized carbons (Fsp3) is 0.714. The molecule has 4 aliphatic carbocycles. The molecule has 4 aliphatic rings. The zero-order valence-electron chi connectivity index (χ0n) is 10.4. The number of aromatic carboxylic acids is 1. The van der Waals surface area contributed by atoms with Crippen LogP contribution in [0.2, 0.25) is 0 Å². The van der Waals surface area contributed by atoms with E-state index < -0.39 is 5.97 Å². The molecule has 4 bridgehead atoms. The van der Waals surface area contributed by atoms with E-state index in [9.17, 15) is 4.79 Å². The summed E-state index contributed by atoms with van der Waals surface area (Å²) in [4.78, 5) is 18.0. The quantitative estimate of drug-likeness (QED) is 0.842. The number of carbonyl (C=O) groups is 1. The molecule has 0 aromatic carbocycles. The summed E-state index contributed by atoms with van der Waals surface area (Å²) < 4.78 is 0. The Morgan fingerprint density at radius 3 is 2.22 bits per heavy atom. The highest BCUT2D eigenvalue weighted by Gasteiger charge is 2.52. The summed E-state index contributed by atoms with van der Waals surface area (Å²) in [5.74, 6) is 1.75. The lowest BCUT2D eigenvalue weighted by Gasteiger charge is -2.56. The fourth-order valence-corrected chi connectivity index (χ4v) is 5.14. The summed E-state index contributed by atoms with van der Waals surface area (Å²) in [6.07, 6.45) is 9.69. The third-order valence-corrected chi connectivity index (χ3v) is 5.39. The van der Waals surface area contributed by atoms with E-state index in [4.69, 9.17) is 5.11 Å². The van der Waals surface area contributed by atoms with Crippen molar-refractivity contribution < 1.29 is 9.90 Å². The Hall–Kier alpha value is -1.32.